The molecule has 3 aromatic rings. The Bertz CT molecular complexity index is 1130. The van der Waals surface area contributed by atoms with Crippen molar-refractivity contribution in [3.05, 3.63) is 83.6 Å². The molecule has 0 spiro atoms. The van der Waals surface area contributed by atoms with Gasteiger partial charge in [-0.05, 0) is 42.0 Å². The molecule has 1 aliphatic rings. The second-order valence-corrected chi connectivity index (χ2v) is 6.92. The first-order valence-corrected chi connectivity index (χ1v) is 9.64. The van der Waals surface area contributed by atoms with Crippen molar-refractivity contribution in [2.24, 2.45) is 0 Å². The van der Waals surface area contributed by atoms with Gasteiger partial charge in [-0.3, -0.25) is 9.69 Å². The van der Waals surface area contributed by atoms with E-state index < -0.39 is 5.97 Å². The van der Waals surface area contributed by atoms with Gasteiger partial charge < -0.3 is 15.2 Å². The highest BCUT2D eigenvalue weighted by molar-refractivity contribution is 6.03. The number of fused-ring (bicyclic) bond motifs is 1. The molecule has 156 valence electrons. The number of nitrogens with one attached hydrogen (secondary N) is 1. The number of aromatic nitrogens is 1. The minimum Gasteiger partial charge on any atom is -0.488 e. The topological polar surface area (TPSA) is 109 Å². The van der Waals surface area contributed by atoms with E-state index in [0.29, 0.717) is 30.2 Å². The molecule has 0 saturated heterocycles. The van der Waals surface area contributed by atoms with Crippen LogP contribution in [-0.4, -0.2) is 41.0 Å². The van der Waals surface area contributed by atoms with Gasteiger partial charge in [0.2, 0.25) is 0 Å². The van der Waals surface area contributed by atoms with Gasteiger partial charge in [-0.25, -0.2) is 14.6 Å². The van der Waals surface area contributed by atoms with Gasteiger partial charge in [0.05, 0.1) is 12.1 Å². The fourth-order valence-electron chi connectivity index (χ4n) is 3.20. The largest absolute Gasteiger partial charge is 0.488 e. The fraction of sp³-hybridized carbons (Fsp3) is 0.130. The molecular weight excluding hydrogens is 398 g/mol. The summed E-state index contributed by atoms with van der Waals surface area (Å²) < 4.78 is 5.59. The highest BCUT2D eigenvalue weighted by Crippen LogP contribution is 2.30. The molecule has 2 N–H and O–H groups in total. The van der Waals surface area contributed by atoms with E-state index in [0.717, 1.165) is 0 Å². The number of hydrogen-bond donors (Lipinski definition) is 2. The SMILES string of the molecule is O=C(O)c1ccc(CC(=O)c2ccc3c(n2)N(C(=O)Nc2ccccc2)CCO3)cc1. The van der Waals surface area contributed by atoms with E-state index in [-0.39, 0.29) is 35.3 Å². The van der Waals surface area contributed by atoms with Crippen molar-refractivity contribution < 1.29 is 24.2 Å². The zero-order valence-electron chi connectivity index (χ0n) is 16.4. The predicted molar refractivity (Wildman–Crippen MR) is 114 cm³/mol. The summed E-state index contributed by atoms with van der Waals surface area (Å²) in [5.41, 5.74) is 1.67. The second kappa shape index (κ2) is 8.66. The number of amides is 2. The average Bonchev–Trinajstić information content (AvgIpc) is 2.79. The highest BCUT2D eigenvalue weighted by atomic mass is 16.5. The molecule has 1 aromatic heterocycles. The number of carbonyl (C=O) groups is 3. The first kappa shape index (κ1) is 20.1. The summed E-state index contributed by atoms with van der Waals surface area (Å²) in [6, 6.07) is 18.0. The smallest absolute Gasteiger partial charge is 0.335 e. The number of aromatic carboxylic acids is 1. The quantitative estimate of drug-likeness (QED) is 0.614. The minimum atomic E-state index is -1.02. The Hall–Kier alpha value is -4.20. The predicted octanol–water partition coefficient (Wildman–Crippen LogP) is 3.64. The summed E-state index contributed by atoms with van der Waals surface area (Å²) >= 11 is 0. The van der Waals surface area contributed by atoms with Crippen molar-refractivity contribution in [3.8, 4) is 5.75 Å². The van der Waals surface area contributed by atoms with Crippen LogP contribution in [0, 0.1) is 0 Å². The van der Waals surface area contributed by atoms with Crippen LogP contribution in [0.25, 0.3) is 0 Å². The van der Waals surface area contributed by atoms with Crippen LogP contribution in [0.2, 0.25) is 0 Å². The zero-order valence-corrected chi connectivity index (χ0v) is 16.4. The van der Waals surface area contributed by atoms with Crippen LogP contribution in [0.15, 0.2) is 66.7 Å². The monoisotopic (exact) mass is 417 g/mol. The van der Waals surface area contributed by atoms with E-state index in [1.54, 1.807) is 36.4 Å². The molecule has 1 aliphatic heterocycles. The molecule has 0 saturated carbocycles. The Morgan fingerprint density at radius 3 is 2.45 bits per heavy atom. The Kier molecular flexibility index (Phi) is 5.61. The van der Waals surface area contributed by atoms with Gasteiger partial charge in [0.1, 0.15) is 12.3 Å². The van der Waals surface area contributed by atoms with Crippen LogP contribution in [0.5, 0.6) is 5.75 Å². The van der Waals surface area contributed by atoms with E-state index in [1.165, 1.54) is 17.0 Å². The Balaban J connectivity index is 1.53. The third-order valence-corrected chi connectivity index (χ3v) is 4.79. The van der Waals surface area contributed by atoms with Gasteiger partial charge in [-0.15, -0.1) is 0 Å². The second-order valence-electron chi connectivity index (χ2n) is 6.92. The number of anilines is 2. The summed E-state index contributed by atoms with van der Waals surface area (Å²) in [6.45, 7) is 0.618. The maximum absolute atomic E-state index is 12.8. The van der Waals surface area contributed by atoms with E-state index in [4.69, 9.17) is 9.84 Å². The van der Waals surface area contributed by atoms with Crippen LogP contribution in [-0.2, 0) is 6.42 Å². The maximum atomic E-state index is 12.8. The Morgan fingerprint density at radius 2 is 1.74 bits per heavy atom. The van der Waals surface area contributed by atoms with Gasteiger partial charge in [-0.2, -0.15) is 0 Å². The lowest BCUT2D eigenvalue weighted by Crippen LogP contribution is -2.41. The zero-order chi connectivity index (χ0) is 21.8. The molecule has 0 fully saturated rings. The normalized spacial score (nSPS) is 12.5. The van der Waals surface area contributed by atoms with Gasteiger partial charge in [0, 0.05) is 12.1 Å². The van der Waals surface area contributed by atoms with Crippen LogP contribution in [0.3, 0.4) is 0 Å². The first-order chi connectivity index (χ1) is 15.0. The lowest BCUT2D eigenvalue weighted by Gasteiger charge is -2.28. The molecule has 0 unspecified atom stereocenters. The summed E-state index contributed by atoms with van der Waals surface area (Å²) in [6.07, 6.45) is 0.0583. The maximum Gasteiger partial charge on any atom is 0.335 e. The number of benzene rings is 2. The molecule has 2 heterocycles. The van der Waals surface area contributed by atoms with Gasteiger partial charge in [0.25, 0.3) is 0 Å². The van der Waals surface area contributed by atoms with Crippen molar-refractivity contribution >= 4 is 29.3 Å². The molecule has 0 aliphatic carbocycles. The minimum absolute atomic E-state index is 0.0583. The van der Waals surface area contributed by atoms with Crippen molar-refractivity contribution in [2.75, 3.05) is 23.4 Å². The number of para-hydroxylation sites is 1. The number of hydrogen-bond acceptors (Lipinski definition) is 5. The molecule has 2 amide bonds. The summed E-state index contributed by atoms with van der Waals surface area (Å²) in [5.74, 6) is -0.563. The molecule has 8 nitrogen and oxygen atoms in total. The van der Waals surface area contributed by atoms with Crippen molar-refractivity contribution in [1.29, 1.82) is 0 Å². The number of ether oxygens (including phenoxy) is 1. The number of rotatable bonds is 5. The van der Waals surface area contributed by atoms with E-state index in [2.05, 4.69) is 10.3 Å². The average molecular weight is 417 g/mol. The fourth-order valence-corrected chi connectivity index (χ4v) is 3.20. The highest BCUT2D eigenvalue weighted by Gasteiger charge is 2.26. The Labute approximate surface area is 178 Å². The summed E-state index contributed by atoms with van der Waals surface area (Å²) in [7, 11) is 0. The van der Waals surface area contributed by atoms with E-state index >= 15 is 0 Å². The summed E-state index contributed by atoms with van der Waals surface area (Å²) in [5, 5.41) is 11.8. The molecule has 4 rings (SSSR count). The summed E-state index contributed by atoms with van der Waals surface area (Å²) in [4.78, 5) is 42.3. The van der Waals surface area contributed by atoms with Gasteiger partial charge in [0.15, 0.2) is 17.4 Å². The van der Waals surface area contributed by atoms with Crippen LogP contribution < -0.4 is 15.0 Å². The third-order valence-electron chi connectivity index (χ3n) is 4.79. The number of carboxylic acids is 1. The molecule has 0 radical (unpaired) electrons. The van der Waals surface area contributed by atoms with Crippen molar-refractivity contribution in [2.45, 2.75) is 6.42 Å². The van der Waals surface area contributed by atoms with Crippen molar-refractivity contribution in [3.63, 3.8) is 0 Å². The number of urea groups is 1. The molecule has 2 aromatic carbocycles. The van der Waals surface area contributed by atoms with E-state index in [1.807, 2.05) is 18.2 Å². The molecule has 0 atom stereocenters. The van der Waals surface area contributed by atoms with Crippen LogP contribution >= 0.6 is 0 Å². The number of pyridine rings is 1. The number of ketones is 1. The lowest BCUT2D eigenvalue weighted by atomic mass is 10.0. The van der Waals surface area contributed by atoms with Gasteiger partial charge >= 0.3 is 12.0 Å². The first-order valence-electron chi connectivity index (χ1n) is 9.64. The van der Waals surface area contributed by atoms with Crippen LogP contribution in [0.1, 0.15) is 26.4 Å². The molecule has 31 heavy (non-hydrogen) atoms. The number of Topliss-reactive ketones (excluding diaryl/α,β-unsaturated/α-hetero) is 1. The molecule has 0 bridgehead atoms. The lowest BCUT2D eigenvalue weighted by molar-refractivity contribution is 0.0696. The molecular formula is C23H19N3O5. The Morgan fingerprint density at radius 1 is 1.00 bits per heavy atom. The van der Waals surface area contributed by atoms with E-state index in [9.17, 15) is 14.4 Å². The third kappa shape index (κ3) is 4.53. The number of carboxylic acid groups (broad SMARTS) is 1. The van der Waals surface area contributed by atoms with Gasteiger partial charge in [-0.1, -0.05) is 30.3 Å². The standard InChI is InChI=1S/C23H19N3O5/c27-19(14-15-6-8-16(9-7-15)22(28)29)18-10-11-20-21(25-18)26(12-13-31-20)23(30)24-17-4-2-1-3-5-17/h1-11H,12-14H2,(H,24,30)(H,28,29). The van der Waals surface area contributed by atoms with Crippen molar-refractivity contribution in [1.82, 2.24) is 4.98 Å². The van der Waals surface area contributed by atoms with Crippen LogP contribution in [0.4, 0.5) is 16.3 Å². The number of carbonyl (C=O) groups excluding carboxylic acids is 2. The molecule has 8 heteroatoms. The number of nitrogens with zero attached hydrogens (tertiary/aromatic N) is 2.